The lowest BCUT2D eigenvalue weighted by Gasteiger charge is -2.57. The van der Waals surface area contributed by atoms with Crippen LogP contribution < -0.4 is 0 Å². The standard InChI is InChI=1S/C23H36N4O/c1-15(13-27-25-14-24-26-27)20-6-7-21-19-5-4-16-12-22(2,28)10-8-17(16)18(19)9-11-23(20,21)3/h14,16-21,28H,1,4-13H2,2-3H3/t16-,17+,18-,19-,20-,21+,22-,23-/m1/s1. The SMILES string of the molecule is C=C(Cn1ncnn1)[C@H]1CC[C@H]2[C@@H]3CC[C@@H]4C[C@](C)(O)CC[C@@H]4[C@H]3CC[C@]12C. The van der Waals surface area contributed by atoms with Crippen LogP contribution in [-0.4, -0.2) is 30.9 Å². The third-order valence-electron chi connectivity index (χ3n) is 9.47. The molecule has 4 fully saturated rings. The number of rotatable bonds is 3. The number of hydrogen-bond donors (Lipinski definition) is 1. The molecule has 1 aromatic rings. The van der Waals surface area contributed by atoms with Gasteiger partial charge in [-0.15, -0.1) is 10.2 Å². The van der Waals surface area contributed by atoms with E-state index in [1.807, 2.05) is 0 Å². The third-order valence-corrected chi connectivity index (χ3v) is 9.47. The maximum atomic E-state index is 10.6. The number of allylic oxidation sites excluding steroid dienone is 1. The maximum Gasteiger partial charge on any atom is 0.162 e. The Balaban J connectivity index is 1.32. The summed E-state index contributed by atoms with van der Waals surface area (Å²) in [5.41, 5.74) is 1.28. The van der Waals surface area contributed by atoms with E-state index < -0.39 is 5.60 Å². The van der Waals surface area contributed by atoms with Crippen molar-refractivity contribution in [2.75, 3.05) is 0 Å². The molecule has 0 spiro atoms. The van der Waals surface area contributed by atoms with Crippen LogP contribution >= 0.6 is 0 Å². The van der Waals surface area contributed by atoms with Crippen molar-refractivity contribution in [1.82, 2.24) is 20.2 Å². The van der Waals surface area contributed by atoms with E-state index in [0.29, 0.717) is 17.9 Å². The summed E-state index contributed by atoms with van der Waals surface area (Å²) in [5, 5.41) is 22.7. The van der Waals surface area contributed by atoms with Gasteiger partial charge in [0.15, 0.2) is 6.33 Å². The van der Waals surface area contributed by atoms with Gasteiger partial charge in [-0.2, -0.15) is 4.80 Å². The van der Waals surface area contributed by atoms with E-state index in [2.05, 4.69) is 35.8 Å². The molecular formula is C23H36N4O. The zero-order chi connectivity index (χ0) is 19.5. The number of fused-ring (bicyclic) bond motifs is 5. The van der Waals surface area contributed by atoms with Crippen molar-refractivity contribution in [3.8, 4) is 0 Å². The first-order chi connectivity index (χ1) is 13.4. The van der Waals surface area contributed by atoms with Crippen LogP contribution in [0, 0.1) is 40.9 Å². The van der Waals surface area contributed by atoms with E-state index in [0.717, 1.165) is 42.4 Å². The highest BCUT2D eigenvalue weighted by Gasteiger charge is 2.57. The highest BCUT2D eigenvalue weighted by molar-refractivity contribution is 5.15. The molecule has 0 unspecified atom stereocenters. The summed E-state index contributed by atoms with van der Waals surface area (Å²) in [6.45, 7) is 9.80. The lowest BCUT2D eigenvalue weighted by Crippen LogP contribution is -2.50. The van der Waals surface area contributed by atoms with Gasteiger partial charge in [-0.1, -0.05) is 19.1 Å². The Labute approximate surface area is 169 Å². The third kappa shape index (κ3) is 2.96. The summed E-state index contributed by atoms with van der Waals surface area (Å²) < 4.78 is 0. The molecule has 154 valence electrons. The van der Waals surface area contributed by atoms with E-state index in [4.69, 9.17) is 0 Å². The molecule has 28 heavy (non-hydrogen) atoms. The summed E-state index contributed by atoms with van der Waals surface area (Å²) in [5.74, 6) is 4.86. The first-order valence-corrected chi connectivity index (χ1v) is 11.5. The average Bonchev–Trinajstić information content (AvgIpc) is 3.27. The molecule has 0 aliphatic heterocycles. The number of hydrogen-bond acceptors (Lipinski definition) is 4. The Morgan fingerprint density at radius 1 is 1.07 bits per heavy atom. The predicted molar refractivity (Wildman–Crippen MR) is 108 cm³/mol. The minimum Gasteiger partial charge on any atom is -0.390 e. The minimum absolute atomic E-state index is 0.395. The minimum atomic E-state index is -0.414. The summed E-state index contributed by atoms with van der Waals surface area (Å²) in [6, 6.07) is 0. The lowest BCUT2D eigenvalue weighted by atomic mass is 9.49. The van der Waals surface area contributed by atoms with Gasteiger partial charge in [-0.25, -0.2) is 0 Å². The highest BCUT2D eigenvalue weighted by Crippen LogP contribution is 2.65. The van der Waals surface area contributed by atoms with Gasteiger partial charge in [0.1, 0.15) is 0 Å². The van der Waals surface area contributed by atoms with Gasteiger partial charge in [0.05, 0.1) is 12.1 Å². The monoisotopic (exact) mass is 384 g/mol. The van der Waals surface area contributed by atoms with Crippen LogP contribution in [0.25, 0.3) is 0 Å². The van der Waals surface area contributed by atoms with Crippen molar-refractivity contribution >= 4 is 0 Å². The molecule has 1 heterocycles. The van der Waals surface area contributed by atoms with Crippen LogP contribution in [0.1, 0.15) is 71.6 Å². The smallest absolute Gasteiger partial charge is 0.162 e. The molecule has 8 atom stereocenters. The van der Waals surface area contributed by atoms with Gasteiger partial charge in [0.2, 0.25) is 0 Å². The molecule has 4 aliphatic rings. The second-order valence-electron chi connectivity index (χ2n) is 11.0. The second-order valence-corrected chi connectivity index (χ2v) is 11.0. The van der Waals surface area contributed by atoms with Crippen LogP contribution in [0.15, 0.2) is 18.5 Å². The second kappa shape index (κ2) is 6.65. The Bertz CT molecular complexity index is 729. The van der Waals surface area contributed by atoms with Gasteiger partial charge in [0, 0.05) is 0 Å². The van der Waals surface area contributed by atoms with Crippen molar-refractivity contribution in [2.45, 2.75) is 83.8 Å². The quantitative estimate of drug-likeness (QED) is 0.791. The Kier molecular flexibility index (Phi) is 4.46. The van der Waals surface area contributed by atoms with Gasteiger partial charge < -0.3 is 5.11 Å². The van der Waals surface area contributed by atoms with Crippen LogP contribution in [0.5, 0.6) is 0 Å². The fourth-order valence-electron chi connectivity index (χ4n) is 8.30. The van der Waals surface area contributed by atoms with Gasteiger partial charge >= 0.3 is 0 Å². The fourth-order valence-corrected chi connectivity index (χ4v) is 8.30. The molecule has 0 bridgehead atoms. The molecule has 0 saturated heterocycles. The molecule has 4 saturated carbocycles. The van der Waals surface area contributed by atoms with E-state index in [-0.39, 0.29) is 0 Å². The molecule has 5 rings (SSSR count). The molecular weight excluding hydrogens is 348 g/mol. The van der Waals surface area contributed by atoms with E-state index in [1.54, 1.807) is 4.80 Å². The summed E-state index contributed by atoms with van der Waals surface area (Å²) >= 11 is 0. The molecule has 4 aliphatic carbocycles. The Hall–Kier alpha value is -1.23. The largest absolute Gasteiger partial charge is 0.390 e. The molecule has 0 amide bonds. The van der Waals surface area contributed by atoms with Crippen molar-refractivity contribution in [3.05, 3.63) is 18.5 Å². The van der Waals surface area contributed by atoms with Crippen LogP contribution in [-0.2, 0) is 6.54 Å². The Morgan fingerprint density at radius 2 is 1.89 bits per heavy atom. The highest BCUT2D eigenvalue weighted by atomic mass is 16.3. The number of nitrogens with zero attached hydrogens (tertiary/aromatic N) is 4. The molecule has 0 radical (unpaired) electrons. The molecule has 5 heteroatoms. The first-order valence-electron chi connectivity index (χ1n) is 11.5. The fraction of sp³-hybridized carbons (Fsp3) is 0.870. The summed E-state index contributed by atoms with van der Waals surface area (Å²) in [7, 11) is 0. The zero-order valence-corrected chi connectivity index (χ0v) is 17.6. The normalized spacial score (nSPS) is 47.8. The Morgan fingerprint density at radius 3 is 2.68 bits per heavy atom. The molecule has 5 nitrogen and oxygen atoms in total. The molecule has 1 aromatic heterocycles. The summed E-state index contributed by atoms with van der Waals surface area (Å²) in [6.07, 6.45) is 12.9. The van der Waals surface area contributed by atoms with E-state index in [9.17, 15) is 5.11 Å². The zero-order valence-electron chi connectivity index (χ0n) is 17.6. The van der Waals surface area contributed by atoms with Crippen molar-refractivity contribution in [1.29, 1.82) is 0 Å². The lowest BCUT2D eigenvalue weighted by molar-refractivity contribution is -0.0979. The van der Waals surface area contributed by atoms with Gasteiger partial charge in [-0.05, 0) is 111 Å². The van der Waals surface area contributed by atoms with Crippen molar-refractivity contribution in [3.63, 3.8) is 0 Å². The number of tetrazole rings is 1. The van der Waals surface area contributed by atoms with Crippen LogP contribution in [0.3, 0.4) is 0 Å². The maximum absolute atomic E-state index is 10.6. The number of aliphatic hydroxyl groups is 1. The first kappa shape index (κ1) is 18.8. The topological polar surface area (TPSA) is 63.8 Å². The van der Waals surface area contributed by atoms with Crippen molar-refractivity contribution in [2.24, 2.45) is 40.9 Å². The summed E-state index contributed by atoms with van der Waals surface area (Å²) in [4.78, 5) is 1.68. The van der Waals surface area contributed by atoms with Crippen LogP contribution in [0.2, 0.25) is 0 Å². The number of aromatic nitrogens is 4. The average molecular weight is 385 g/mol. The van der Waals surface area contributed by atoms with Crippen LogP contribution in [0.4, 0.5) is 0 Å². The van der Waals surface area contributed by atoms with E-state index in [1.165, 1.54) is 56.8 Å². The predicted octanol–water partition coefficient (Wildman–Crippen LogP) is 4.25. The van der Waals surface area contributed by atoms with Gasteiger partial charge in [0.25, 0.3) is 0 Å². The van der Waals surface area contributed by atoms with Crippen molar-refractivity contribution < 1.29 is 5.11 Å². The molecule has 0 aromatic carbocycles. The van der Waals surface area contributed by atoms with E-state index >= 15 is 0 Å². The molecule has 1 N–H and O–H groups in total. The van der Waals surface area contributed by atoms with Gasteiger partial charge in [-0.3, -0.25) is 0 Å².